The van der Waals surface area contributed by atoms with Crippen molar-refractivity contribution in [2.75, 3.05) is 4.90 Å². The Morgan fingerprint density at radius 2 is 1.00 bits per heavy atom. The molecule has 0 N–H and O–H groups in total. The molecule has 2 heterocycles. The third-order valence-electron chi connectivity index (χ3n) is 14.7. The number of aryl methyl sites for hydroxylation is 2. The first-order valence-corrected chi connectivity index (χ1v) is 22.1. The van der Waals surface area contributed by atoms with Gasteiger partial charge in [-0.15, -0.1) is 0 Å². The standard InChI is InChI=1S/C58H51N3/c1-55(2,3)36-20-24-38(25-21-36)61(39-26-22-37(23-27-39)56(4,5)6)47-15-9-12-40-41-29-31-44-50(52(41)57(7,8)51(40)47)42-28-18-34-16-17-35-19-30-43(49(42)48(34)35)58(44)45-13-10-32-59-53(45)54-46(58)14-11-33-60-54/h9-15,18-33H,16-17H2,1-8H3. The SMILES string of the molecule is CC(C)(C)c1ccc(N(c2ccc(C(C)(C)C)cc2)c2cccc3c2C(C)(C)c2c-3ccc3c2-c2ccc4c5c(ccc(c25)C32c3cccnc3-c3ncccc32)CC4)cc1. The van der Waals surface area contributed by atoms with Gasteiger partial charge in [0.1, 0.15) is 0 Å². The smallest absolute Gasteiger partial charge is 0.0937 e. The number of anilines is 3. The highest BCUT2D eigenvalue weighted by molar-refractivity contribution is 6.11. The molecule has 0 bridgehead atoms. The largest absolute Gasteiger partial charge is 0.310 e. The number of hydrogen-bond acceptors (Lipinski definition) is 3. The molecule has 0 radical (unpaired) electrons. The molecule has 0 aliphatic heterocycles. The van der Waals surface area contributed by atoms with Crippen LogP contribution in [0.2, 0.25) is 0 Å². The van der Waals surface area contributed by atoms with Gasteiger partial charge in [-0.1, -0.05) is 140 Å². The van der Waals surface area contributed by atoms with Gasteiger partial charge in [-0.2, -0.15) is 0 Å². The molecule has 0 unspecified atom stereocenters. The second kappa shape index (κ2) is 12.2. The van der Waals surface area contributed by atoms with E-state index in [1.54, 1.807) is 0 Å². The summed E-state index contributed by atoms with van der Waals surface area (Å²) in [5.41, 5.74) is 23.6. The topological polar surface area (TPSA) is 29.0 Å². The van der Waals surface area contributed by atoms with Crippen LogP contribution in [0.1, 0.15) is 111 Å². The predicted molar refractivity (Wildman–Crippen MR) is 253 cm³/mol. The Morgan fingerprint density at radius 1 is 0.475 bits per heavy atom. The Morgan fingerprint density at radius 3 is 1.57 bits per heavy atom. The van der Waals surface area contributed by atoms with Crippen LogP contribution in [0.25, 0.3) is 44.4 Å². The fourth-order valence-corrected chi connectivity index (χ4v) is 12.0. The quantitative estimate of drug-likeness (QED) is 0.179. The van der Waals surface area contributed by atoms with E-state index in [1.165, 1.54) is 94.3 Å². The lowest BCUT2D eigenvalue weighted by Crippen LogP contribution is -2.33. The second-order valence-corrected chi connectivity index (χ2v) is 20.5. The molecule has 4 aliphatic rings. The van der Waals surface area contributed by atoms with Crippen molar-refractivity contribution >= 4 is 27.8 Å². The number of benzene rings is 6. The van der Waals surface area contributed by atoms with E-state index >= 15 is 0 Å². The molecule has 0 fully saturated rings. The molecule has 0 atom stereocenters. The van der Waals surface area contributed by atoms with E-state index in [0.29, 0.717) is 0 Å². The van der Waals surface area contributed by atoms with Gasteiger partial charge >= 0.3 is 0 Å². The summed E-state index contributed by atoms with van der Waals surface area (Å²) in [4.78, 5) is 12.7. The summed E-state index contributed by atoms with van der Waals surface area (Å²) in [5, 5.41) is 2.87. The first kappa shape index (κ1) is 36.5. The lowest BCUT2D eigenvalue weighted by molar-refractivity contribution is 0.590. The number of aromatic nitrogens is 2. The summed E-state index contributed by atoms with van der Waals surface area (Å²) in [6.07, 6.45) is 6.04. The van der Waals surface area contributed by atoms with Gasteiger partial charge in [-0.3, -0.25) is 9.97 Å². The molecule has 1 spiro atoms. The number of rotatable bonds is 3. The molecular formula is C58H51N3. The van der Waals surface area contributed by atoms with Crippen molar-refractivity contribution in [1.29, 1.82) is 0 Å². The Balaban J connectivity index is 1.15. The zero-order valence-electron chi connectivity index (χ0n) is 36.5. The molecule has 0 amide bonds. The van der Waals surface area contributed by atoms with Crippen LogP contribution in [0.5, 0.6) is 0 Å². The van der Waals surface area contributed by atoms with Crippen molar-refractivity contribution < 1.29 is 0 Å². The van der Waals surface area contributed by atoms with Gasteiger partial charge in [0.25, 0.3) is 0 Å². The summed E-state index contributed by atoms with van der Waals surface area (Å²) in [6.45, 7) is 18.7. The van der Waals surface area contributed by atoms with E-state index in [-0.39, 0.29) is 16.2 Å². The Labute approximate surface area is 360 Å². The van der Waals surface area contributed by atoms with Gasteiger partial charge in [-0.25, -0.2) is 0 Å². The lowest BCUT2D eigenvalue weighted by atomic mass is 9.59. The Kier molecular flexibility index (Phi) is 7.28. The fourth-order valence-electron chi connectivity index (χ4n) is 12.0. The molecular weight excluding hydrogens is 739 g/mol. The van der Waals surface area contributed by atoms with E-state index in [1.807, 2.05) is 12.4 Å². The molecule has 4 aliphatic carbocycles. The Bertz CT molecular complexity index is 3060. The zero-order chi connectivity index (χ0) is 41.8. The van der Waals surface area contributed by atoms with E-state index in [2.05, 4.69) is 188 Å². The fraction of sp³-hybridized carbons (Fsp3) is 0.241. The third kappa shape index (κ3) is 4.75. The second-order valence-electron chi connectivity index (χ2n) is 20.5. The molecule has 12 rings (SSSR count). The summed E-state index contributed by atoms with van der Waals surface area (Å²) in [5.74, 6) is 0. The Hall–Kier alpha value is -6.32. The lowest BCUT2D eigenvalue weighted by Gasteiger charge is -2.42. The minimum Gasteiger partial charge on any atom is -0.310 e. The first-order valence-electron chi connectivity index (χ1n) is 22.1. The van der Waals surface area contributed by atoms with Crippen LogP contribution in [0, 0.1) is 0 Å². The normalized spacial score (nSPS) is 15.7. The molecule has 0 saturated heterocycles. The molecule has 298 valence electrons. The summed E-state index contributed by atoms with van der Waals surface area (Å²) in [6, 6.07) is 49.1. The van der Waals surface area contributed by atoms with Crippen LogP contribution in [-0.2, 0) is 34.5 Å². The molecule has 0 saturated carbocycles. The van der Waals surface area contributed by atoms with Gasteiger partial charge in [0.05, 0.1) is 22.5 Å². The average Bonchev–Trinajstić information content (AvgIpc) is 3.89. The van der Waals surface area contributed by atoms with Crippen LogP contribution in [0.3, 0.4) is 0 Å². The van der Waals surface area contributed by atoms with Crippen LogP contribution < -0.4 is 4.90 Å². The minimum absolute atomic E-state index is 0.0563. The van der Waals surface area contributed by atoms with Crippen molar-refractivity contribution in [1.82, 2.24) is 9.97 Å². The van der Waals surface area contributed by atoms with Crippen molar-refractivity contribution in [3.8, 4) is 33.6 Å². The monoisotopic (exact) mass is 789 g/mol. The van der Waals surface area contributed by atoms with Crippen molar-refractivity contribution in [3.63, 3.8) is 0 Å². The minimum atomic E-state index is -0.562. The van der Waals surface area contributed by atoms with Gasteiger partial charge in [0, 0.05) is 29.2 Å². The predicted octanol–water partition coefficient (Wildman–Crippen LogP) is 14.4. The van der Waals surface area contributed by atoms with E-state index in [9.17, 15) is 0 Å². The maximum Gasteiger partial charge on any atom is 0.0937 e. The van der Waals surface area contributed by atoms with E-state index in [4.69, 9.17) is 9.97 Å². The van der Waals surface area contributed by atoms with Crippen molar-refractivity contribution in [3.05, 3.63) is 195 Å². The molecule has 2 aromatic heterocycles. The van der Waals surface area contributed by atoms with Gasteiger partial charge in [0.2, 0.25) is 0 Å². The molecule has 3 nitrogen and oxygen atoms in total. The van der Waals surface area contributed by atoms with Gasteiger partial charge < -0.3 is 4.90 Å². The maximum absolute atomic E-state index is 5.08. The number of pyridine rings is 2. The summed E-state index contributed by atoms with van der Waals surface area (Å²) < 4.78 is 0. The van der Waals surface area contributed by atoms with Crippen LogP contribution in [0.15, 0.2) is 140 Å². The van der Waals surface area contributed by atoms with E-state index in [0.717, 1.165) is 35.6 Å². The van der Waals surface area contributed by atoms with Gasteiger partial charge in [-0.05, 0) is 155 Å². The molecule has 6 aromatic carbocycles. The zero-order valence-corrected chi connectivity index (χ0v) is 36.5. The van der Waals surface area contributed by atoms with Crippen molar-refractivity contribution in [2.24, 2.45) is 0 Å². The average molecular weight is 790 g/mol. The molecule has 3 heteroatoms. The third-order valence-corrected chi connectivity index (χ3v) is 14.7. The number of fused-ring (bicyclic) bond motifs is 13. The highest BCUT2D eigenvalue weighted by Gasteiger charge is 2.54. The summed E-state index contributed by atoms with van der Waals surface area (Å²) in [7, 11) is 0. The highest BCUT2D eigenvalue weighted by atomic mass is 15.1. The molecule has 8 aromatic rings. The maximum atomic E-state index is 5.08. The van der Waals surface area contributed by atoms with Crippen LogP contribution in [0.4, 0.5) is 17.1 Å². The highest BCUT2D eigenvalue weighted by Crippen LogP contribution is 2.66. The van der Waals surface area contributed by atoms with Crippen molar-refractivity contribution in [2.45, 2.75) is 89.9 Å². The summed E-state index contributed by atoms with van der Waals surface area (Å²) >= 11 is 0. The first-order chi connectivity index (χ1) is 29.3. The molecule has 61 heavy (non-hydrogen) atoms. The van der Waals surface area contributed by atoms with Gasteiger partial charge in [0.15, 0.2) is 0 Å². The number of hydrogen-bond donors (Lipinski definition) is 0. The van der Waals surface area contributed by atoms with Crippen LogP contribution >= 0.6 is 0 Å². The van der Waals surface area contributed by atoms with E-state index < -0.39 is 5.41 Å². The van der Waals surface area contributed by atoms with Crippen LogP contribution in [-0.4, -0.2) is 9.97 Å². The number of nitrogens with zero attached hydrogens (tertiary/aromatic N) is 3.